The predicted octanol–water partition coefficient (Wildman–Crippen LogP) is 1.38. The summed E-state index contributed by atoms with van der Waals surface area (Å²) in [7, 11) is 1.53. The fraction of sp³-hybridized carbons (Fsp3) is 0.133. The van der Waals surface area contributed by atoms with E-state index in [0.29, 0.717) is 21.1 Å². The van der Waals surface area contributed by atoms with Crippen LogP contribution < -0.4 is 14.8 Å². The minimum absolute atomic E-state index is 0.0197. The molecule has 6 nitrogen and oxygen atoms in total. The maximum Gasteiger partial charge on any atom is 0.257 e. The van der Waals surface area contributed by atoms with Crippen LogP contribution in [0, 0.1) is 5.21 Å². The molecule has 0 radical (unpaired) electrons. The molecule has 7 heteroatoms. The van der Waals surface area contributed by atoms with Crippen molar-refractivity contribution in [3.05, 3.63) is 59.4 Å². The van der Waals surface area contributed by atoms with Gasteiger partial charge in [-0.15, -0.1) is 0 Å². The number of benzene rings is 1. The molecule has 0 aliphatic heterocycles. The van der Waals surface area contributed by atoms with E-state index in [1.165, 1.54) is 13.3 Å². The fourth-order valence-corrected chi connectivity index (χ4v) is 2.36. The molecule has 22 heavy (non-hydrogen) atoms. The van der Waals surface area contributed by atoms with Crippen LogP contribution in [-0.2, 0) is 4.79 Å². The molecule has 114 valence electrons. The third kappa shape index (κ3) is 4.23. The van der Waals surface area contributed by atoms with Gasteiger partial charge >= 0.3 is 0 Å². The van der Waals surface area contributed by atoms with Gasteiger partial charge in [0.05, 0.1) is 12.9 Å². The number of carbonyl (C=O) groups is 2. The minimum atomic E-state index is -0.490. The Morgan fingerprint density at radius 3 is 2.59 bits per heavy atom. The molecule has 1 aromatic carbocycles. The smallest absolute Gasteiger partial charge is 0.257 e. The lowest BCUT2D eigenvalue weighted by molar-refractivity contribution is -0.645. The van der Waals surface area contributed by atoms with E-state index in [0.717, 1.165) is 11.8 Å². The van der Waals surface area contributed by atoms with Crippen LogP contribution in [0.1, 0.15) is 10.4 Å². The van der Waals surface area contributed by atoms with E-state index in [9.17, 15) is 14.8 Å². The van der Waals surface area contributed by atoms with Crippen LogP contribution in [0.3, 0.4) is 0 Å². The molecule has 0 fully saturated rings. The summed E-state index contributed by atoms with van der Waals surface area (Å²) >= 11 is 1.06. The summed E-state index contributed by atoms with van der Waals surface area (Å²) in [5.41, 5.74) is 0.359. The Bertz CT molecular complexity index is 673. The Kier molecular flexibility index (Phi) is 5.37. The van der Waals surface area contributed by atoms with Gasteiger partial charge in [-0.25, -0.2) is 0 Å². The minimum Gasteiger partial charge on any atom is -0.618 e. The molecule has 0 spiro atoms. The highest BCUT2D eigenvalue weighted by Crippen LogP contribution is 2.13. The third-order valence-corrected chi connectivity index (χ3v) is 3.76. The molecular weight excluding hydrogens is 304 g/mol. The van der Waals surface area contributed by atoms with Crippen molar-refractivity contribution in [1.29, 1.82) is 0 Å². The largest absolute Gasteiger partial charge is 0.618 e. The Morgan fingerprint density at radius 2 is 1.95 bits per heavy atom. The quantitative estimate of drug-likeness (QED) is 0.511. The Hall–Kier alpha value is -2.54. The highest BCUT2D eigenvalue weighted by Gasteiger charge is 2.13. The Balaban J connectivity index is 1.88. The number of nitrogens with zero attached hydrogens (tertiary/aromatic N) is 1. The van der Waals surface area contributed by atoms with Crippen molar-refractivity contribution in [3.8, 4) is 5.75 Å². The second-order valence-electron chi connectivity index (χ2n) is 4.26. The third-order valence-electron chi connectivity index (χ3n) is 2.74. The molecule has 0 saturated heterocycles. The molecule has 1 aromatic heterocycles. The van der Waals surface area contributed by atoms with E-state index < -0.39 is 11.8 Å². The fourth-order valence-electron chi connectivity index (χ4n) is 1.64. The molecule has 0 atom stereocenters. The molecule has 0 saturated carbocycles. The molecule has 0 aliphatic rings. The van der Waals surface area contributed by atoms with Crippen molar-refractivity contribution in [3.63, 3.8) is 0 Å². The number of imide groups is 1. The van der Waals surface area contributed by atoms with Gasteiger partial charge in [0.2, 0.25) is 5.91 Å². The van der Waals surface area contributed by atoms with E-state index in [4.69, 9.17) is 4.74 Å². The van der Waals surface area contributed by atoms with Crippen molar-refractivity contribution < 1.29 is 19.1 Å². The second kappa shape index (κ2) is 7.46. The van der Waals surface area contributed by atoms with Crippen molar-refractivity contribution in [2.24, 2.45) is 0 Å². The highest BCUT2D eigenvalue weighted by atomic mass is 32.2. The highest BCUT2D eigenvalue weighted by molar-refractivity contribution is 7.99. The normalized spacial score (nSPS) is 10.0. The van der Waals surface area contributed by atoms with Crippen molar-refractivity contribution in [2.45, 2.75) is 5.03 Å². The summed E-state index contributed by atoms with van der Waals surface area (Å²) in [6.45, 7) is 0. The maximum atomic E-state index is 11.9. The average Bonchev–Trinajstić information content (AvgIpc) is 2.54. The summed E-state index contributed by atoms with van der Waals surface area (Å²) in [6, 6.07) is 11.3. The van der Waals surface area contributed by atoms with Gasteiger partial charge in [0.15, 0.2) is 6.20 Å². The van der Waals surface area contributed by atoms with Crippen LogP contribution in [0.2, 0.25) is 0 Å². The first kappa shape index (κ1) is 15.8. The first-order chi connectivity index (χ1) is 10.6. The summed E-state index contributed by atoms with van der Waals surface area (Å²) in [5.74, 6) is -0.345. The average molecular weight is 318 g/mol. The van der Waals surface area contributed by atoms with Crippen molar-refractivity contribution >= 4 is 23.6 Å². The van der Waals surface area contributed by atoms with E-state index in [1.807, 2.05) is 0 Å². The number of thioether (sulfide) groups is 1. The van der Waals surface area contributed by atoms with Gasteiger partial charge in [-0.3, -0.25) is 14.9 Å². The molecule has 0 aliphatic carbocycles. The standard InChI is InChI=1S/C15H14N2O4S/c1-21-12-7-5-11(6-8-12)15(19)16-13(18)10-22-14-4-2-3-9-17(14)20/h2-9H,10H2,1H3,(H,16,18,19). The molecular formula is C15H14N2O4S. The Morgan fingerprint density at radius 1 is 1.23 bits per heavy atom. The van der Waals surface area contributed by atoms with Gasteiger partial charge < -0.3 is 9.94 Å². The van der Waals surface area contributed by atoms with Crippen LogP contribution >= 0.6 is 11.8 Å². The number of aromatic nitrogens is 1. The summed E-state index contributed by atoms with van der Waals surface area (Å²) in [5, 5.41) is 14.1. The van der Waals surface area contributed by atoms with Crippen LogP contribution in [0.5, 0.6) is 5.75 Å². The van der Waals surface area contributed by atoms with Crippen LogP contribution in [-0.4, -0.2) is 24.7 Å². The van der Waals surface area contributed by atoms with Gasteiger partial charge in [0.25, 0.3) is 10.9 Å². The van der Waals surface area contributed by atoms with Gasteiger partial charge in [0, 0.05) is 17.7 Å². The number of amides is 2. The monoisotopic (exact) mass is 318 g/mol. The lowest BCUT2D eigenvalue weighted by atomic mass is 10.2. The van der Waals surface area contributed by atoms with Gasteiger partial charge in [-0.1, -0.05) is 0 Å². The van der Waals surface area contributed by atoms with Gasteiger partial charge in [-0.2, -0.15) is 4.73 Å². The number of hydrogen-bond acceptors (Lipinski definition) is 5. The first-order valence-corrected chi connectivity index (χ1v) is 7.38. The number of carbonyl (C=O) groups excluding carboxylic acids is 2. The van der Waals surface area contributed by atoms with E-state index in [-0.39, 0.29) is 5.75 Å². The molecule has 1 N–H and O–H groups in total. The van der Waals surface area contributed by atoms with E-state index in [1.54, 1.807) is 42.5 Å². The van der Waals surface area contributed by atoms with Gasteiger partial charge in [0.1, 0.15) is 5.75 Å². The van der Waals surface area contributed by atoms with Crippen LogP contribution in [0.15, 0.2) is 53.7 Å². The number of pyridine rings is 1. The molecule has 1 heterocycles. The summed E-state index contributed by atoms with van der Waals surface area (Å²) in [6.07, 6.45) is 1.35. The Labute approximate surface area is 131 Å². The molecule has 2 aromatic rings. The first-order valence-electron chi connectivity index (χ1n) is 6.39. The second-order valence-corrected chi connectivity index (χ2v) is 5.25. The van der Waals surface area contributed by atoms with Gasteiger partial charge in [-0.05, 0) is 42.1 Å². The molecule has 0 unspecified atom stereocenters. The number of nitrogens with one attached hydrogen (secondary N) is 1. The van der Waals surface area contributed by atoms with Crippen molar-refractivity contribution in [2.75, 3.05) is 12.9 Å². The van der Waals surface area contributed by atoms with E-state index >= 15 is 0 Å². The summed E-state index contributed by atoms with van der Waals surface area (Å²) < 4.78 is 5.66. The molecule has 2 amide bonds. The number of methoxy groups -OCH3 is 1. The van der Waals surface area contributed by atoms with Crippen molar-refractivity contribution in [1.82, 2.24) is 5.32 Å². The maximum absolute atomic E-state index is 11.9. The van der Waals surface area contributed by atoms with Crippen LogP contribution in [0.4, 0.5) is 0 Å². The summed E-state index contributed by atoms with van der Waals surface area (Å²) in [4.78, 5) is 23.6. The SMILES string of the molecule is COc1ccc(C(=O)NC(=O)CSc2cccc[n+]2[O-])cc1. The number of ether oxygens (including phenoxy) is 1. The molecule has 0 bridgehead atoms. The lowest BCUT2D eigenvalue weighted by Crippen LogP contribution is -2.33. The molecule has 2 rings (SSSR count). The number of rotatable bonds is 5. The van der Waals surface area contributed by atoms with E-state index in [2.05, 4.69) is 5.32 Å². The zero-order valence-corrected chi connectivity index (χ0v) is 12.6. The number of hydrogen-bond donors (Lipinski definition) is 1. The zero-order valence-electron chi connectivity index (χ0n) is 11.8. The van der Waals surface area contributed by atoms with Crippen LogP contribution in [0.25, 0.3) is 0 Å². The topological polar surface area (TPSA) is 82.3 Å². The zero-order chi connectivity index (χ0) is 15.9. The lowest BCUT2D eigenvalue weighted by Gasteiger charge is -2.05. The predicted molar refractivity (Wildman–Crippen MR) is 81.6 cm³/mol.